The third-order valence-corrected chi connectivity index (χ3v) is 4.67. The van der Waals surface area contributed by atoms with Crippen molar-refractivity contribution in [2.75, 3.05) is 33.3 Å². The minimum Gasteiger partial charge on any atom is -0.494 e. The van der Waals surface area contributed by atoms with Gasteiger partial charge in [-0.2, -0.15) is 0 Å². The van der Waals surface area contributed by atoms with Crippen molar-refractivity contribution in [2.45, 2.75) is 13.1 Å². The maximum absolute atomic E-state index is 13.8. The van der Waals surface area contributed by atoms with E-state index in [1.54, 1.807) is 24.3 Å². The van der Waals surface area contributed by atoms with E-state index in [0.717, 1.165) is 43.9 Å². The first-order valence-corrected chi connectivity index (χ1v) is 8.64. The van der Waals surface area contributed by atoms with Gasteiger partial charge >= 0.3 is 5.97 Å². The molecular formula is C20H23FN2O3. The highest BCUT2D eigenvalue weighted by Crippen LogP contribution is 2.19. The molecule has 0 spiro atoms. The highest BCUT2D eigenvalue weighted by atomic mass is 19.1. The fourth-order valence-electron chi connectivity index (χ4n) is 3.23. The van der Waals surface area contributed by atoms with Crippen LogP contribution in [0.3, 0.4) is 0 Å². The number of carboxylic acid groups (broad SMARTS) is 1. The molecule has 5 nitrogen and oxygen atoms in total. The molecule has 0 radical (unpaired) electrons. The van der Waals surface area contributed by atoms with Crippen molar-refractivity contribution in [2.24, 2.45) is 0 Å². The number of rotatable bonds is 6. The molecule has 0 aliphatic carbocycles. The summed E-state index contributed by atoms with van der Waals surface area (Å²) >= 11 is 0. The molecule has 1 saturated heterocycles. The molecule has 0 bridgehead atoms. The van der Waals surface area contributed by atoms with E-state index in [0.29, 0.717) is 12.1 Å². The molecule has 6 heteroatoms. The number of ether oxygens (including phenoxy) is 1. The number of halogens is 1. The molecule has 3 rings (SSSR count). The Morgan fingerprint density at radius 3 is 2.19 bits per heavy atom. The highest BCUT2D eigenvalue weighted by molar-refractivity contribution is 5.87. The molecule has 1 fully saturated rings. The number of methoxy groups -OCH3 is 1. The van der Waals surface area contributed by atoms with Gasteiger partial charge in [0.25, 0.3) is 0 Å². The quantitative estimate of drug-likeness (QED) is 0.861. The number of piperazine rings is 1. The average molecular weight is 358 g/mol. The lowest BCUT2D eigenvalue weighted by Crippen LogP contribution is -2.45. The third kappa shape index (κ3) is 4.59. The van der Waals surface area contributed by atoms with Crippen LogP contribution in [0.1, 0.15) is 21.5 Å². The van der Waals surface area contributed by atoms with Crippen LogP contribution in [-0.2, 0) is 13.1 Å². The van der Waals surface area contributed by atoms with Crippen LogP contribution >= 0.6 is 0 Å². The van der Waals surface area contributed by atoms with Crippen molar-refractivity contribution in [3.8, 4) is 5.75 Å². The Labute approximate surface area is 152 Å². The molecule has 0 aromatic heterocycles. The Kier molecular flexibility index (Phi) is 5.85. The van der Waals surface area contributed by atoms with E-state index in [4.69, 9.17) is 9.84 Å². The predicted octanol–water partition coefficient (Wildman–Crippen LogP) is 2.85. The molecule has 0 atom stereocenters. The van der Waals surface area contributed by atoms with E-state index >= 15 is 0 Å². The topological polar surface area (TPSA) is 53.0 Å². The van der Waals surface area contributed by atoms with E-state index in [2.05, 4.69) is 9.80 Å². The number of carboxylic acids is 1. The number of carbonyl (C=O) groups is 1. The predicted molar refractivity (Wildman–Crippen MR) is 96.9 cm³/mol. The molecule has 2 aromatic carbocycles. The Morgan fingerprint density at radius 2 is 1.65 bits per heavy atom. The summed E-state index contributed by atoms with van der Waals surface area (Å²) < 4.78 is 18.8. The Morgan fingerprint density at radius 1 is 1.04 bits per heavy atom. The highest BCUT2D eigenvalue weighted by Gasteiger charge is 2.18. The summed E-state index contributed by atoms with van der Waals surface area (Å²) in [5.74, 6) is -0.965. The van der Waals surface area contributed by atoms with Crippen LogP contribution in [0.5, 0.6) is 5.75 Å². The van der Waals surface area contributed by atoms with Crippen LogP contribution in [0.15, 0.2) is 42.5 Å². The van der Waals surface area contributed by atoms with Crippen molar-refractivity contribution in [3.05, 3.63) is 65.0 Å². The van der Waals surface area contributed by atoms with Crippen molar-refractivity contribution in [1.29, 1.82) is 0 Å². The molecule has 1 heterocycles. The number of hydrogen-bond donors (Lipinski definition) is 1. The molecule has 2 aromatic rings. The van der Waals surface area contributed by atoms with E-state index in [1.807, 2.05) is 12.1 Å². The van der Waals surface area contributed by atoms with E-state index in [-0.39, 0.29) is 11.6 Å². The Bertz CT molecular complexity index is 773. The van der Waals surface area contributed by atoms with Gasteiger partial charge < -0.3 is 9.84 Å². The van der Waals surface area contributed by atoms with Crippen molar-refractivity contribution in [1.82, 2.24) is 9.80 Å². The van der Waals surface area contributed by atoms with Crippen LogP contribution in [0.4, 0.5) is 4.39 Å². The minimum absolute atomic E-state index is 0.266. The standard InChI is InChI=1S/C20H23FN2O3/c1-26-19-6-5-16(12-18(19)21)14-23-9-7-22(8-10-23)13-15-3-2-4-17(11-15)20(24)25/h2-6,11-12H,7-10,13-14H2,1H3,(H,24,25). The molecule has 138 valence electrons. The Hall–Kier alpha value is -2.44. The second-order valence-corrected chi connectivity index (χ2v) is 6.53. The second kappa shape index (κ2) is 8.29. The van der Waals surface area contributed by atoms with Gasteiger partial charge in [-0.1, -0.05) is 18.2 Å². The fourth-order valence-corrected chi connectivity index (χ4v) is 3.23. The summed E-state index contributed by atoms with van der Waals surface area (Å²) in [6.45, 7) is 5.04. The average Bonchev–Trinajstić information content (AvgIpc) is 2.64. The van der Waals surface area contributed by atoms with Gasteiger partial charge in [0.1, 0.15) is 0 Å². The molecule has 1 N–H and O–H groups in total. The van der Waals surface area contributed by atoms with Crippen LogP contribution in [0, 0.1) is 5.82 Å². The Balaban J connectivity index is 1.52. The van der Waals surface area contributed by atoms with Crippen molar-refractivity contribution in [3.63, 3.8) is 0 Å². The van der Waals surface area contributed by atoms with E-state index in [1.165, 1.54) is 13.2 Å². The maximum atomic E-state index is 13.8. The summed E-state index contributed by atoms with van der Waals surface area (Å²) in [5.41, 5.74) is 2.27. The van der Waals surface area contributed by atoms with E-state index in [9.17, 15) is 9.18 Å². The first-order valence-electron chi connectivity index (χ1n) is 8.64. The summed E-state index contributed by atoms with van der Waals surface area (Å²) in [4.78, 5) is 15.7. The maximum Gasteiger partial charge on any atom is 0.335 e. The summed E-state index contributed by atoms with van der Waals surface area (Å²) in [6, 6.07) is 12.2. The lowest BCUT2D eigenvalue weighted by Gasteiger charge is -2.34. The molecule has 0 amide bonds. The SMILES string of the molecule is COc1ccc(CN2CCN(Cc3cccc(C(=O)O)c3)CC2)cc1F. The fraction of sp³-hybridized carbons (Fsp3) is 0.350. The van der Waals surface area contributed by atoms with Gasteiger partial charge in [0, 0.05) is 39.3 Å². The largest absolute Gasteiger partial charge is 0.494 e. The van der Waals surface area contributed by atoms with Gasteiger partial charge in [-0.3, -0.25) is 9.80 Å². The smallest absolute Gasteiger partial charge is 0.335 e. The minimum atomic E-state index is -0.900. The number of hydrogen-bond acceptors (Lipinski definition) is 4. The molecule has 26 heavy (non-hydrogen) atoms. The number of aromatic carboxylic acids is 1. The van der Waals surface area contributed by atoms with E-state index < -0.39 is 5.97 Å². The molecule has 0 saturated carbocycles. The lowest BCUT2D eigenvalue weighted by molar-refractivity contribution is 0.0696. The first-order chi connectivity index (χ1) is 12.5. The number of benzene rings is 2. The normalized spacial score (nSPS) is 15.8. The van der Waals surface area contributed by atoms with Crippen LogP contribution in [0.2, 0.25) is 0 Å². The van der Waals surface area contributed by atoms with Gasteiger partial charge in [-0.05, 0) is 35.4 Å². The van der Waals surface area contributed by atoms with Crippen LogP contribution in [-0.4, -0.2) is 54.2 Å². The lowest BCUT2D eigenvalue weighted by atomic mass is 10.1. The van der Waals surface area contributed by atoms with Gasteiger partial charge in [0.05, 0.1) is 12.7 Å². The molecule has 1 aliphatic heterocycles. The monoisotopic (exact) mass is 358 g/mol. The van der Waals surface area contributed by atoms with Crippen molar-refractivity contribution < 1.29 is 19.0 Å². The molecular weight excluding hydrogens is 335 g/mol. The zero-order chi connectivity index (χ0) is 18.5. The van der Waals surface area contributed by atoms with Gasteiger partial charge in [0.2, 0.25) is 0 Å². The zero-order valence-corrected chi connectivity index (χ0v) is 14.8. The van der Waals surface area contributed by atoms with Gasteiger partial charge in [0.15, 0.2) is 11.6 Å². The first kappa shape index (κ1) is 18.4. The van der Waals surface area contributed by atoms with Crippen LogP contribution < -0.4 is 4.74 Å². The third-order valence-electron chi connectivity index (χ3n) is 4.67. The van der Waals surface area contributed by atoms with Crippen molar-refractivity contribution >= 4 is 5.97 Å². The summed E-state index contributed by atoms with van der Waals surface area (Å²) in [6.07, 6.45) is 0. The van der Waals surface area contributed by atoms with Crippen LogP contribution in [0.25, 0.3) is 0 Å². The molecule has 0 unspecified atom stereocenters. The van der Waals surface area contributed by atoms with Gasteiger partial charge in [-0.15, -0.1) is 0 Å². The summed E-state index contributed by atoms with van der Waals surface area (Å²) in [5, 5.41) is 9.09. The number of nitrogens with zero attached hydrogens (tertiary/aromatic N) is 2. The molecule has 1 aliphatic rings. The summed E-state index contributed by atoms with van der Waals surface area (Å²) in [7, 11) is 1.46. The van der Waals surface area contributed by atoms with Gasteiger partial charge in [-0.25, -0.2) is 9.18 Å². The zero-order valence-electron chi connectivity index (χ0n) is 14.8. The second-order valence-electron chi connectivity index (χ2n) is 6.53.